The molecular formula is C14H9NO5S. The topological polar surface area (TPSA) is 94.3 Å². The molecule has 0 saturated carbocycles. The Morgan fingerprint density at radius 3 is 2.10 bits per heavy atom. The molecule has 2 aromatic rings. The van der Waals surface area contributed by atoms with Crippen molar-refractivity contribution in [1.29, 1.82) is 0 Å². The van der Waals surface area contributed by atoms with Crippen LogP contribution in [0.15, 0.2) is 41.3 Å². The second-order valence-electron chi connectivity index (χ2n) is 4.80. The van der Waals surface area contributed by atoms with Crippen molar-refractivity contribution < 1.29 is 18.1 Å². The van der Waals surface area contributed by atoms with Crippen LogP contribution in [0, 0.1) is 10.1 Å². The number of non-ortho nitro benzene ring substituents is 1. The molecule has 106 valence electrons. The third kappa shape index (κ3) is 2.02. The van der Waals surface area contributed by atoms with Gasteiger partial charge in [-0.05, 0) is 29.3 Å². The summed E-state index contributed by atoms with van der Waals surface area (Å²) in [5.74, 6) is -0.394. The quantitative estimate of drug-likeness (QED) is 0.534. The average Bonchev–Trinajstić information content (AvgIpc) is 2.70. The number of rotatable bonds is 2. The lowest BCUT2D eigenvalue weighted by molar-refractivity contribution is -0.384. The molecule has 21 heavy (non-hydrogen) atoms. The van der Waals surface area contributed by atoms with Gasteiger partial charge in [0, 0.05) is 29.5 Å². The van der Waals surface area contributed by atoms with Crippen LogP contribution in [0.25, 0.3) is 11.1 Å². The van der Waals surface area contributed by atoms with E-state index >= 15 is 0 Å². The number of nitrogens with zero attached hydrogens (tertiary/aromatic N) is 1. The summed E-state index contributed by atoms with van der Waals surface area (Å²) in [5, 5.41) is 10.8. The molecule has 0 fully saturated rings. The standard InChI is InChI=1S/C14H9NO5S/c1-21(19,20)9-3-5-11-10-4-2-8(15(17)18)6-12(10)14(16)13(11)7-9/h2-7H,1H3. The van der Waals surface area contributed by atoms with Crippen LogP contribution in [0.2, 0.25) is 0 Å². The molecule has 6 nitrogen and oxygen atoms in total. The summed E-state index contributed by atoms with van der Waals surface area (Å²) in [7, 11) is -3.42. The van der Waals surface area contributed by atoms with Gasteiger partial charge in [-0.1, -0.05) is 6.07 Å². The fraction of sp³-hybridized carbons (Fsp3) is 0.0714. The third-order valence-electron chi connectivity index (χ3n) is 3.41. The van der Waals surface area contributed by atoms with Crippen LogP contribution in [-0.2, 0) is 9.84 Å². The fourth-order valence-electron chi connectivity index (χ4n) is 2.39. The van der Waals surface area contributed by atoms with E-state index in [1.54, 1.807) is 6.07 Å². The Balaban J connectivity index is 2.22. The smallest absolute Gasteiger partial charge is 0.270 e. The summed E-state index contributed by atoms with van der Waals surface area (Å²) in [4.78, 5) is 22.6. The molecule has 0 aromatic heterocycles. The second kappa shape index (κ2) is 4.23. The van der Waals surface area contributed by atoms with Crippen molar-refractivity contribution in [1.82, 2.24) is 0 Å². The average molecular weight is 303 g/mol. The lowest BCUT2D eigenvalue weighted by Gasteiger charge is -2.02. The molecule has 3 rings (SSSR count). The monoisotopic (exact) mass is 303 g/mol. The van der Waals surface area contributed by atoms with Crippen molar-refractivity contribution in [2.24, 2.45) is 0 Å². The van der Waals surface area contributed by atoms with E-state index in [-0.39, 0.29) is 21.7 Å². The largest absolute Gasteiger partial charge is 0.289 e. The predicted molar refractivity (Wildman–Crippen MR) is 75.1 cm³/mol. The van der Waals surface area contributed by atoms with Gasteiger partial charge in [0.25, 0.3) is 5.69 Å². The van der Waals surface area contributed by atoms with Gasteiger partial charge in [-0.3, -0.25) is 14.9 Å². The van der Waals surface area contributed by atoms with E-state index in [0.29, 0.717) is 11.1 Å². The number of benzene rings is 2. The number of hydrogen-bond donors (Lipinski definition) is 0. The second-order valence-corrected chi connectivity index (χ2v) is 6.81. The molecule has 1 aliphatic rings. The normalized spacial score (nSPS) is 12.9. The zero-order valence-corrected chi connectivity index (χ0v) is 11.7. The highest BCUT2D eigenvalue weighted by Gasteiger charge is 2.29. The van der Waals surface area contributed by atoms with Crippen molar-refractivity contribution >= 4 is 21.3 Å². The zero-order valence-electron chi connectivity index (χ0n) is 10.9. The SMILES string of the molecule is CS(=O)(=O)c1ccc2c(c1)C(=O)c1cc([N+](=O)[O-])ccc1-2. The maximum absolute atomic E-state index is 12.3. The first-order valence-corrected chi connectivity index (χ1v) is 7.86. The number of nitro groups is 1. The summed E-state index contributed by atoms with van der Waals surface area (Å²) in [5.41, 5.74) is 1.49. The minimum atomic E-state index is -3.42. The minimum absolute atomic E-state index is 0.0527. The molecule has 0 atom stereocenters. The molecule has 7 heteroatoms. The Hall–Kier alpha value is -2.54. The van der Waals surface area contributed by atoms with Crippen LogP contribution >= 0.6 is 0 Å². The van der Waals surface area contributed by atoms with Crippen LogP contribution in [-0.4, -0.2) is 25.4 Å². The highest BCUT2D eigenvalue weighted by Crippen LogP contribution is 2.39. The Bertz CT molecular complexity index is 915. The summed E-state index contributed by atoms with van der Waals surface area (Å²) in [6, 6.07) is 8.36. The number of carbonyl (C=O) groups is 1. The van der Waals surface area contributed by atoms with Gasteiger partial charge in [-0.15, -0.1) is 0 Å². The maximum atomic E-state index is 12.3. The fourth-order valence-corrected chi connectivity index (χ4v) is 3.04. The van der Waals surface area contributed by atoms with Gasteiger partial charge in [0.05, 0.1) is 9.82 Å². The highest BCUT2D eigenvalue weighted by molar-refractivity contribution is 7.90. The van der Waals surface area contributed by atoms with Crippen molar-refractivity contribution in [3.8, 4) is 11.1 Å². The molecule has 0 heterocycles. The van der Waals surface area contributed by atoms with E-state index in [4.69, 9.17) is 0 Å². The van der Waals surface area contributed by atoms with Gasteiger partial charge in [-0.25, -0.2) is 8.42 Å². The number of nitro benzene ring substituents is 1. The van der Waals surface area contributed by atoms with Crippen molar-refractivity contribution in [3.63, 3.8) is 0 Å². The molecular weight excluding hydrogens is 294 g/mol. The van der Waals surface area contributed by atoms with Gasteiger partial charge in [0.2, 0.25) is 0 Å². The van der Waals surface area contributed by atoms with E-state index in [1.807, 2.05) is 0 Å². The Kier molecular flexibility index (Phi) is 2.70. The molecule has 0 N–H and O–H groups in total. The zero-order chi connectivity index (χ0) is 15.4. The predicted octanol–water partition coefficient (Wildman–Crippen LogP) is 2.21. The summed E-state index contributed by atoms with van der Waals surface area (Å²) < 4.78 is 23.1. The number of carbonyl (C=O) groups excluding carboxylic acids is 1. The maximum Gasteiger partial charge on any atom is 0.270 e. The number of ketones is 1. The Labute approximate surface area is 120 Å². The van der Waals surface area contributed by atoms with Crippen molar-refractivity contribution in [2.75, 3.05) is 6.26 Å². The van der Waals surface area contributed by atoms with Gasteiger partial charge in [0.15, 0.2) is 15.6 Å². The van der Waals surface area contributed by atoms with E-state index in [0.717, 1.165) is 6.26 Å². The lowest BCUT2D eigenvalue weighted by Crippen LogP contribution is -2.01. The molecule has 0 saturated heterocycles. The van der Waals surface area contributed by atoms with Gasteiger partial charge < -0.3 is 0 Å². The summed E-state index contributed by atoms with van der Waals surface area (Å²) in [6.45, 7) is 0. The van der Waals surface area contributed by atoms with Crippen molar-refractivity contribution in [2.45, 2.75) is 4.90 Å². The number of fused-ring (bicyclic) bond motifs is 3. The van der Waals surface area contributed by atoms with E-state index in [1.165, 1.54) is 30.3 Å². The Morgan fingerprint density at radius 1 is 0.952 bits per heavy atom. The molecule has 0 aliphatic heterocycles. The third-order valence-corrected chi connectivity index (χ3v) is 4.52. The molecule has 0 radical (unpaired) electrons. The van der Waals surface area contributed by atoms with Crippen LogP contribution < -0.4 is 0 Å². The van der Waals surface area contributed by atoms with Gasteiger partial charge in [-0.2, -0.15) is 0 Å². The first-order valence-electron chi connectivity index (χ1n) is 5.96. The number of sulfone groups is 1. The van der Waals surface area contributed by atoms with Crippen LogP contribution in [0.3, 0.4) is 0 Å². The molecule has 1 aliphatic carbocycles. The number of hydrogen-bond acceptors (Lipinski definition) is 5. The van der Waals surface area contributed by atoms with Gasteiger partial charge in [0.1, 0.15) is 0 Å². The first-order chi connectivity index (χ1) is 9.79. The Morgan fingerprint density at radius 2 is 1.52 bits per heavy atom. The first kappa shape index (κ1) is 13.4. The van der Waals surface area contributed by atoms with Crippen molar-refractivity contribution in [3.05, 3.63) is 57.6 Å². The van der Waals surface area contributed by atoms with E-state index in [9.17, 15) is 23.3 Å². The summed E-state index contributed by atoms with van der Waals surface area (Å²) >= 11 is 0. The molecule has 0 unspecified atom stereocenters. The van der Waals surface area contributed by atoms with Crippen LogP contribution in [0.4, 0.5) is 5.69 Å². The molecule has 0 amide bonds. The lowest BCUT2D eigenvalue weighted by atomic mass is 10.1. The van der Waals surface area contributed by atoms with Crippen LogP contribution in [0.1, 0.15) is 15.9 Å². The molecule has 0 spiro atoms. The van der Waals surface area contributed by atoms with E-state index < -0.39 is 20.5 Å². The van der Waals surface area contributed by atoms with Gasteiger partial charge >= 0.3 is 0 Å². The van der Waals surface area contributed by atoms with Crippen LogP contribution in [0.5, 0.6) is 0 Å². The molecule has 2 aromatic carbocycles. The molecule has 0 bridgehead atoms. The summed E-state index contributed by atoms with van der Waals surface area (Å²) in [6.07, 6.45) is 1.06. The highest BCUT2D eigenvalue weighted by atomic mass is 32.2. The minimum Gasteiger partial charge on any atom is -0.289 e. The van der Waals surface area contributed by atoms with E-state index in [2.05, 4.69) is 0 Å².